The van der Waals surface area contributed by atoms with Crippen LogP contribution in [-0.2, 0) is 22.9 Å². The third kappa shape index (κ3) is 4.37. The van der Waals surface area contributed by atoms with Crippen molar-refractivity contribution in [1.82, 2.24) is 9.88 Å². The van der Waals surface area contributed by atoms with Crippen LogP contribution in [0, 0.1) is 5.82 Å². The number of sulfone groups is 1. The van der Waals surface area contributed by atoms with Crippen molar-refractivity contribution in [3.8, 4) is 0 Å². The van der Waals surface area contributed by atoms with E-state index in [0.29, 0.717) is 22.5 Å². The van der Waals surface area contributed by atoms with Gasteiger partial charge in [0.2, 0.25) is 0 Å². The summed E-state index contributed by atoms with van der Waals surface area (Å²) in [7, 11) is -3.01. The van der Waals surface area contributed by atoms with Gasteiger partial charge in [0.15, 0.2) is 9.84 Å². The molecule has 1 aromatic heterocycles. The summed E-state index contributed by atoms with van der Waals surface area (Å²) in [5, 5.41) is 4.44. The smallest absolute Gasteiger partial charge is 0.255 e. The van der Waals surface area contributed by atoms with Gasteiger partial charge in [0.25, 0.3) is 5.56 Å². The maximum Gasteiger partial charge on any atom is 0.255 e. The highest BCUT2D eigenvalue weighted by Gasteiger charge is 2.27. The molecule has 0 radical (unpaired) electrons. The topological polar surface area (TPSA) is 68.2 Å². The highest BCUT2D eigenvalue weighted by Crippen LogP contribution is 2.21. The number of benzene rings is 2. The molecule has 0 spiro atoms. The lowest BCUT2D eigenvalue weighted by Gasteiger charge is -2.16. The molecule has 1 aliphatic rings. The van der Waals surface area contributed by atoms with Gasteiger partial charge in [-0.1, -0.05) is 29.8 Å². The molecule has 1 aliphatic heterocycles. The van der Waals surface area contributed by atoms with Gasteiger partial charge in [-0.15, -0.1) is 0 Å². The summed E-state index contributed by atoms with van der Waals surface area (Å²) in [6, 6.07) is 13.1. The van der Waals surface area contributed by atoms with Crippen LogP contribution in [0.25, 0.3) is 10.9 Å². The molecule has 0 saturated carbocycles. The van der Waals surface area contributed by atoms with Crippen LogP contribution < -0.4 is 10.9 Å². The Morgan fingerprint density at radius 2 is 1.93 bits per heavy atom. The van der Waals surface area contributed by atoms with E-state index in [9.17, 15) is 17.6 Å². The predicted octanol–water partition coefficient (Wildman–Crippen LogP) is 3.12. The first kappa shape index (κ1) is 20.1. The molecule has 1 fully saturated rings. The quantitative estimate of drug-likeness (QED) is 0.670. The number of nitrogens with one attached hydrogen (secondary N) is 1. The SMILES string of the molecule is O=c1c(CNC2CCS(=O)(=O)C2)cc2ccc(F)cc2n1Cc1ccccc1Cl. The van der Waals surface area contributed by atoms with Crippen LogP contribution in [0.1, 0.15) is 17.5 Å². The average molecular weight is 435 g/mol. The molecule has 0 amide bonds. The molecule has 8 heteroatoms. The van der Waals surface area contributed by atoms with Gasteiger partial charge in [-0.25, -0.2) is 12.8 Å². The standard InChI is InChI=1S/C21H20ClFN2O3S/c22-19-4-2-1-3-15(19)12-25-20-10-17(23)6-5-14(20)9-16(21(25)26)11-24-18-7-8-29(27,28)13-18/h1-6,9-10,18,24H,7-8,11-13H2. The predicted molar refractivity (Wildman–Crippen MR) is 113 cm³/mol. The van der Waals surface area contributed by atoms with Crippen LogP contribution in [0.15, 0.2) is 53.3 Å². The van der Waals surface area contributed by atoms with E-state index in [2.05, 4.69) is 5.32 Å². The maximum atomic E-state index is 13.9. The molecule has 0 aliphatic carbocycles. The number of nitrogens with zero attached hydrogens (tertiary/aromatic N) is 1. The summed E-state index contributed by atoms with van der Waals surface area (Å²) < 4.78 is 38.7. The fraction of sp³-hybridized carbons (Fsp3) is 0.286. The van der Waals surface area contributed by atoms with Crippen molar-refractivity contribution in [2.24, 2.45) is 0 Å². The molecule has 1 atom stereocenters. The molecule has 4 rings (SSSR count). The van der Waals surface area contributed by atoms with E-state index in [1.807, 2.05) is 18.2 Å². The van der Waals surface area contributed by atoms with Crippen LogP contribution in [0.4, 0.5) is 4.39 Å². The van der Waals surface area contributed by atoms with Gasteiger partial charge in [-0.3, -0.25) is 4.79 Å². The Morgan fingerprint density at radius 1 is 1.14 bits per heavy atom. The van der Waals surface area contributed by atoms with E-state index < -0.39 is 15.7 Å². The van der Waals surface area contributed by atoms with Gasteiger partial charge in [-0.2, -0.15) is 0 Å². The van der Waals surface area contributed by atoms with Crippen molar-refractivity contribution in [3.63, 3.8) is 0 Å². The Morgan fingerprint density at radius 3 is 2.66 bits per heavy atom. The number of rotatable bonds is 5. The van der Waals surface area contributed by atoms with E-state index >= 15 is 0 Å². The molecule has 3 aromatic rings. The second-order valence-corrected chi connectivity index (χ2v) is 9.97. The van der Waals surface area contributed by atoms with Gasteiger partial charge >= 0.3 is 0 Å². The fourth-order valence-corrected chi connectivity index (χ4v) is 5.60. The summed E-state index contributed by atoms with van der Waals surface area (Å²) in [6.45, 7) is 0.457. The normalized spacial score (nSPS) is 18.3. The third-order valence-electron chi connectivity index (χ3n) is 5.23. The highest BCUT2D eigenvalue weighted by atomic mass is 35.5. The van der Waals surface area contributed by atoms with Crippen LogP contribution in [0.2, 0.25) is 5.02 Å². The summed E-state index contributed by atoms with van der Waals surface area (Å²) in [5.41, 5.74) is 1.49. The first-order valence-electron chi connectivity index (χ1n) is 9.31. The third-order valence-corrected chi connectivity index (χ3v) is 7.37. The number of halogens is 2. The molecule has 29 heavy (non-hydrogen) atoms. The van der Waals surface area contributed by atoms with E-state index in [0.717, 1.165) is 10.9 Å². The zero-order chi connectivity index (χ0) is 20.6. The number of aromatic nitrogens is 1. The molecular formula is C21H20ClFN2O3S. The van der Waals surface area contributed by atoms with Crippen molar-refractivity contribution in [2.45, 2.75) is 25.6 Å². The molecule has 152 valence electrons. The van der Waals surface area contributed by atoms with Crippen LogP contribution in [0.3, 0.4) is 0 Å². The lowest BCUT2D eigenvalue weighted by atomic mass is 10.1. The number of hydrogen-bond donors (Lipinski definition) is 1. The summed E-state index contributed by atoms with van der Waals surface area (Å²) in [4.78, 5) is 13.2. The first-order chi connectivity index (χ1) is 13.8. The summed E-state index contributed by atoms with van der Waals surface area (Å²) in [6.07, 6.45) is 0.537. The summed E-state index contributed by atoms with van der Waals surface area (Å²) in [5.74, 6) is -0.176. The Kier molecular flexibility index (Phi) is 5.46. The molecule has 1 unspecified atom stereocenters. The van der Waals surface area contributed by atoms with Crippen molar-refractivity contribution in [3.05, 3.63) is 80.9 Å². The van der Waals surface area contributed by atoms with Crippen LogP contribution in [-0.4, -0.2) is 30.5 Å². The lowest BCUT2D eigenvalue weighted by Crippen LogP contribution is -2.33. The van der Waals surface area contributed by atoms with Gasteiger partial charge < -0.3 is 9.88 Å². The second kappa shape index (κ2) is 7.89. The van der Waals surface area contributed by atoms with E-state index in [4.69, 9.17) is 11.6 Å². The van der Waals surface area contributed by atoms with Crippen LogP contribution >= 0.6 is 11.6 Å². The molecule has 0 bridgehead atoms. The minimum Gasteiger partial charge on any atom is -0.309 e. The maximum absolute atomic E-state index is 13.9. The van der Waals surface area contributed by atoms with E-state index in [1.165, 1.54) is 16.7 Å². The lowest BCUT2D eigenvalue weighted by molar-refractivity contribution is 0.550. The Hall–Kier alpha value is -2.22. The number of hydrogen-bond acceptors (Lipinski definition) is 4. The number of pyridine rings is 1. The molecular weight excluding hydrogens is 415 g/mol. The fourth-order valence-electron chi connectivity index (χ4n) is 3.70. The Labute approximate surface area is 173 Å². The second-order valence-electron chi connectivity index (χ2n) is 7.34. The largest absolute Gasteiger partial charge is 0.309 e. The highest BCUT2D eigenvalue weighted by molar-refractivity contribution is 7.91. The zero-order valence-electron chi connectivity index (χ0n) is 15.6. The average Bonchev–Trinajstić information content (AvgIpc) is 3.03. The monoisotopic (exact) mass is 434 g/mol. The van der Waals surface area contributed by atoms with Crippen molar-refractivity contribution in [2.75, 3.05) is 11.5 Å². The minimum atomic E-state index is -3.01. The molecule has 5 nitrogen and oxygen atoms in total. The zero-order valence-corrected chi connectivity index (χ0v) is 17.1. The van der Waals surface area contributed by atoms with Crippen molar-refractivity contribution >= 4 is 32.3 Å². The first-order valence-corrected chi connectivity index (χ1v) is 11.5. The van der Waals surface area contributed by atoms with Gasteiger partial charge in [-0.05, 0) is 47.7 Å². The Balaban J connectivity index is 1.72. The van der Waals surface area contributed by atoms with Crippen LogP contribution in [0.5, 0.6) is 0 Å². The molecule has 2 aromatic carbocycles. The van der Waals surface area contributed by atoms with E-state index in [-0.39, 0.29) is 36.2 Å². The van der Waals surface area contributed by atoms with Gasteiger partial charge in [0.05, 0.1) is 23.6 Å². The van der Waals surface area contributed by atoms with Gasteiger partial charge in [0.1, 0.15) is 5.82 Å². The summed E-state index contributed by atoms with van der Waals surface area (Å²) >= 11 is 6.26. The van der Waals surface area contributed by atoms with Crippen molar-refractivity contribution < 1.29 is 12.8 Å². The molecule has 1 N–H and O–H groups in total. The number of fused-ring (bicyclic) bond motifs is 1. The minimum absolute atomic E-state index is 0.0829. The molecule has 2 heterocycles. The Bertz CT molecular complexity index is 1240. The van der Waals surface area contributed by atoms with E-state index in [1.54, 1.807) is 18.2 Å². The molecule has 1 saturated heterocycles. The van der Waals surface area contributed by atoms with Crippen molar-refractivity contribution in [1.29, 1.82) is 0 Å². The van der Waals surface area contributed by atoms with Gasteiger partial charge in [0, 0.05) is 23.2 Å².